The van der Waals surface area contributed by atoms with Crippen LogP contribution in [0.2, 0.25) is 0 Å². The van der Waals surface area contributed by atoms with Crippen molar-refractivity contribution >= 4 is 5.97 Å². The predicted molar refractivity (Wildman–Crippen MR) is 37.2 cm³/mol. The van der Waals surface area contributed by atoms with Gasteiger partial charge in [0.1, 0.15) is 0 Å². The third kappa shape index (κ3) is 2.86. The number of aliphatic hydroxyl groups excluding tert-OH is 1. The fourth-order valence-corrected chi connectivity index (χ4v) is 1.08. The van der Waals surface area contributed by atoms with Crippen molar-refractivity contribution in [1.82, 2.24) is 0 Å². The largest absolute Gasteiger partial charge is 0.481 e. The van der Waals surface area contributed by atoms with Gasteiger partial charge < -0.3 is 14.9 Å². The first-order chi connectivity index (χ1) is 5.24. The van der Waals surface area contributed by atoms with E-state index in [9.17, 15) is 4.79 Å². The molecule has 0 amide bonds. The number of hydrogen-bond donors (Lipinski definition) is 2. The van der Waals surface area contributed by atoms with E-state index in [4.69, 9.17) is 14.9 Å². The molecule has 0 spiro atoms. The summed E-state index contributed by atoms with van der Waals surface area (Å²) in [5.74, 6) is -0.789. The Balaban J connectivity index is 2.00. The summed E-state index contributed by atoms with van der Waals surface area (Å²) >= 11 is 0. The lowest BCUT2D eigenvalue weighted by atomic mass is 10.1. The number of carboxylic acid groups (broad SMARTS) is 1. The molecule has 2 unspecified atom stereocenters. The van der Waals surface area contributed by atoms with Crippen molar-refractivity contribution in [1.29, 1.82) is 0 Å². The second-order valence-electron chi connectivity index (χ2n) is 2.66. The zero-order valence-corrected chi connectivity index (χ0v) is 6.19. The van der Waals surface area contributed by atoms with Gasteiger partial charge in [-0.2, -0.15) is 0 Å². The predicted octanol–water partition coefficient (Wildman–Crippen LogP) is 0.001000. The molecule has 1 aliphatic heterocycles. The maximum Gasteiger partial charge on any atom is 0.303 e. The van der Waals surface area contributed by atoms with Crippen molar-refractivity contribution in [2.24, 2.45) is 0 Å². The molecule has 0 aromatic carbocycles. The van der Waals surface area contributed by atoms with Crippen molar-refractivity contribution in [2.75, 3.05) is 6.61 Å². The molecule has 0 aromatic heterocycles. The highest BCUT2D eigenvalue weighted by molar-refractivity contribution is 5.66. The van der Waals surface area contributed by atoms with Gasteiger partial charge in [0.25, 0.3) is 0 Å². The minimum absolute atomic E-state index is 0.0817. The first kappa shape index (κ1) is 8.49. The Kier molecular flexibility index (Phi) is 2.84. The van der Waals surface area contributed by atoms with E-state index < -0.39 is 5.97 Å². The van der Waals surface area contributed by atoms with Crippen LogP contribution in [0.3, 0.4) is 0 Å². The van der Waals surface area contributed by atoms with Crippen LogP contribution in [0.15, 0.2) is 0 Å². The van der Waals surface area contributed by atoms with Crippen LogP contribution in [-0.2, 0) is 9.53 Å². The van der Waals surface area contributed by atoms with Gasteiger partial charge in [-0.05, 0) is 12.8 Å². The Hall–Kier alpha value is -0.610. The molecule has 1 heterocycles. The van der Waals surface area contributed by atoms with Gasteiger partial charge in [0.05, 0.1) is 12.2 Å². The highest BCUT2D eigenvalue weighted by Gasteiger charge is 2.37. The quantitative estimate of drug-likeness (QED) is 0.555. The van der Waals surface area contributed by atoms with E-state index in [-0.39, 0.29) is 25.2 Å². The Labute approximate surface area is 64.8 Å². The Bertz CT molecular complexity index is 145. The summed E-state index contributed by atoms with van der Waals surface area (Å²) in [4.78, 5) is 10.1. The number of aliphatic hydroxyl groups is 1. The summed E-state index contributed by atoms with van der Waals surface area (Å²) < 4.78 is 5.08. The SMILES string of the molecule is O=C(O)CCC1OC1CCO. The lowest BCUT2D eigenvalue weighted by Crippen LogP contribution is -2.01. The van der Waals surface area contributed by atoms with Crippen LogP contribution in [0, 0.1) is 0 Å². The van der Waals surface area contributed by atoms with Gasteiger partial charge >= 0.3 is 5.97 Å². The van der Waals surface area contributed by atoms with Crippen molar-refractivity contribution in [3.8, 4) is 0 Å². The molecular formula is C7H12O4. The molecule has 0 aliphatic carbocycles. The number of epoxide rings is 1. The van der Waals surface area contributed by atoms with Crippen LogP contribution in [0.1, 0.15) is 19.3 Å². The molecule has 0 radical (unpaired) electrons. The van der Waals surface area contributed by atoms with Crippen LogP contribution < -0.4 is 0 Å². The number of carbonyl (C=O) groups is 1. The lowest BCUT2D eigenvalue weighted by Gasteiger charge is -1.89. The van der Waals surface area contributed by atoms with Gasteiger partial charge in [-0.15, -0.1) is 0 Å². The number of hydrogen-bond acceptors (Lipinski definition) is 3. The maximum atomic E-state index is 10.1. The Morgan fingerprint density at radius 3 is 2.55 bits per heavy atom. The van der Waals surface area contributed by atoms with Crippen molar-refractivity contribution in [3.63, 3.8) is 0 Å². The van der Waals surface area contributed by atoms with E-state index in [0.717, 1.165) is 0 Å². The van der Waals surface area contributed by atoms with Crippen LogP contribution in [0.4, 0.5) is 0 Å². The average Bonchev–Trinajstić information content (AvgIpc) is 2.64. The zero-order chi connectivity index (χ0) is 8.27. The zero-order valence-electron chi connectivity index (χ0n) is 6.19. The summed E-state index contributed by atoms with van der Waals surface area (Å²) in [6.07, 6.45) is 1.55. The van der Waals surface area contributed by atoms with Crippen LogP contribution in [-0.4, -0.2) is 35.0 Å². The molecule has 11 heavy (non-hydrogen) atoms. The molecule has 4 heteroatoms. The van der Waals surface area contributed by atoms with Gasteiger partial charge in [-0.3, -0.25) is 4.79 Å². The van der Waals surface area contributed by atoms with Crippen LogP contribution in [0.25, 0.3) is 0 Å². The summed E-state index contributed by atoms with van der Waals surface area (Å²) in [5.41, 5.74) is 0. The molecule has 0 bridgehead atoms. The summed E-state index contributed by atoms with van der Waals surface area (Å²) in [7, 11) is 0. The standard InChI is InChI=1S/C7H12O4/c8-4-3-6-5(11-6)1-2-7(9)10/h5-6,8H,1-4H2,(H,9,10). The van der Waals surface area contributed by atoms with Crippen molar-refractivity contribution in [3.05, 3.63) is 0 Å². The molecule has 2 atom stereocenters. The van der Waals surface area contributed by atoms with Gasteiger partial charge in [0.15, 0.2) is 0 Å². The van der Waals surface area contributed by atoms with E-state index in [0.29, 0.717) is 12.8 Å². The molecule has 2 N–H and O–H groups in total. The topological polar surface area (TPSA) is 70.1 Å². The normalized spacial score (nSPS) is 28.5. The summed E-state index contributed by atoms with van der Waals surface area (Å²) in [5, 5.41) is 16.8. The highest BCUT2D eigenvalue weighted by atomic mass is 16.6. The number of carboxylic acids is 1. The second-order valence-corrected chi connectivity index (χ2v) is 2.66. The van der Waals surface area contributed by atoms with Gasteiger partial charge in [-0.1, -0.05) is 0 Å². The van der Waals surface area contributed by atoms with Crippen LogP contribution >= 0.6 is 0 Å². The molecule has 1 saturated heterocycles. The molecule has 0 saturated carbocycles. The maximum absolute atomic E-state index is 10.1. The molecule has 64 valence electrons. The van der Waals surface area contributed by atoms with Crippen molar-refractivity contribution in [2.45, 2.75) is 31.5 Å². The van der Waals surface area contributed by atoms with Gasteiger partial charge in [0.2, 0.25) is 0 Å². The van der Waals surface area contributed by atoms with E-state index in [1.807, 2.05) is 0 Å². The second kappa shape index (κ2) is 3.69. The molecule has 1 aliphatic rings. The summed E-state index contributed by atoms with van der Waals surface area (Å²) in [6.45, 7) is 0.119. The van der Waals surface area contributed by atoms with E-state index in [1.165, 1.54) is 0 Å². The number of rotatable bonds is 5. The Morgan fingerprint density at radius 2 is 2.00 bits per heavy atom. The number of ether oxygens (including phenoxy) is 1. The number of aliphatic carboxylic acids is 1. The monoisotopic (exact) mass is 160 g/mol. The van der Waals surface area contributed by atoms with Gasteiger partial charge in [0, 0.05) is 13.0 Å². The molecule has 1 rings (SSSR count). The fraction of sp³-hybridized carbons (Fsp3) is 0.857. The van der Waals surface area contributed by atoms with Gasteiger partial charge in [-0.25, -0.2) is 0 Å². The third-order valence-corrected chi connectivity index (χ3v) is 1.74. The molecule has 0 aromatic rings. The van der Waals surface area contributed by atoms with E-state index >= 15 is 0 Å². The summed E-state index contributed by atoms with van der Waals surface area (Å²) in [6, 6.07) is 0. The average molecular weight is 160 g/mol. The molecular weight excluding hydrogens is 148 g/mol. The van der Waals surface area contributed by atoms with Crippen molar-refractivity contribution < 1.29 is 19.7 Å². The molecule has 1 fully saturated rings. The minimum Gasteiger partial charge on any atom is -0.481 e. The van der Waals surface area contributed by atoms with E-state index in [1.54, 1.807) is 0 Å². The first-order valence-electron chi connectivity index (χ1n) is 3.72. The Morgan fingerprint density at radius 1 is 1.36 bits per heavy atom. The highest BCUT2D eigenvalue weighted by Crippen LogP contribution is 2.28. The first-order valence-corrected chi connectivity index (χ1v) is 3.72. The lowest BCUT2D eigenvalue weighted by molar-refractivity contribution is -0.137. The van der Waals surface area contributed by atoms with E-state index in [2.05, 4.69) is 0 Å². The fourth-order valence-electron chi connectivity index (χ4n) is 1.08. The minimum atomic E-state index is -0.789. The third-order valence-electron chi connectivity index (χ3n) is 1.74. The smallest absolute Gasteiger partial charge is 0.303 e. The van der Waals surface area contributed by atoms with Crippen LogP contribution in [0.5, 0.6) is 0 Å². The molecule has 4 nitrogen and oxygen atoms in total.